The topological polar surface area (TPSA) is 50.2 Å². The Morgan fingerprint density at radius 3 is 2.07 bits per heavy atom. The molecule has 0 bridgehead atoms. The number of nitrogens with zero attached hydrogens (tertiary/aromatic N) is 1. The Hall–Kier alpha value is -1.79. The van der Waals surface area contributed by atoms with E-state index in [1.807, 2.05) is 59.1 Å². The summed E-state index contributed by atoms with van der Waals surface area (Å²) in [5.41, 5.74) is 3.98. The van der Waals surface area contributed by atoms with Gasteiger partial charge in [-0.3, -0.25) is 4.79 Å². The maximum Gasteiger partial charge on any atom is 0 e. The first-order valence-corrected chi connectivity index (χ1v) is 23.6. The number of hydrogen-bond acceptors (Lipinski definition) is 4. The van der Waals surface area contributed by atoms with Crippen LogP contribution >= 0.6 is 11.3 Å². The Bertz CT molecular complexity index is 1570. The van der Waals surface area contributed by atoms with Crippen LogP contribution < -0.4 is 4.40 Å². The second-order valence-corrected chi connectivity index (χ2v) is 25.0. The van der Waals surface area contributed by atoms with Crippen molar-refractivity contribution < 1.29 is 30.0 Å². The number of carbonyl (C=O) groups excluding carboxylic acids is 1. The van der Waals surface area contributed by atoms with Crippen LogP contribution in [0.5, 0.6) is 0 Å². The largest absolute Gasteiger partial charge is 0 e. The molecule has 2 heterocycles. The Balaban J connectivity index is 0.000000318. The van der Waals surface area contributed by atoms with Gasteiger partial charge in [-0.2, -0.15) is 0 Å². The van der Waals surface area contributed by atoms with E-state index >= 15 is 0 Å². The summed E-state index contributed by atoms with van der Waals surface area (Å²) in [4.78, 5) is 16.9. The van der Waals surface area contributed by atoms with Crippen molar-refractivity contribution in [2.24, 2.45) is 10.8 Å². The Kier molecular flexibility index (Phi) is 13.0. The van der Waals surface area contributed by atoms with Crippen molar-refractivity contribution in [3.05, 3.63) is 71.6 Å². The van der Waals surface area contributed by atoms with E-state index in [1.54, 1.807) is 4.40 Å². The molecule has 0 aliphatic heterocycles. The van der Waals surface area contributed by atoms with Gasteiger partial charge in [0, 0.05) is 37.0 Å². The quantitative estimate of drug-likeness (QED) is 0.0791. The molecule has 235 valence electrons. The zero-order valence-electron chi connectivity index (χ0n) is 28.0. The molecule has 2 aromatic heterocycles. The van der Waals surface area contributed by atoms with Crippen molar-refractivity contribution in [3.63, 3.8) is 0 Å². The molecule has 4 rings (SSSR count). The molecule has 0 saturated heterocycles. The number of aromatic nitrogens is 1. The zero-order valence-corrected chi connectivity index (χ0v) is 33.3. The van der Waals surface area contributed by atoms with E-state index in [-0.39, 0.29) is 42.5 Å². The predicted octanol–water partition coefficient (Wildman–Crippen LogP) is 10.7. The van der Waals surface area contributed by atoms with Crippen LogP contribution in [0.1, 0.15) is 78.4 Å². The summed E-state index contributed by atoms with van der Waals surface area (Å²) in [5, 5.41) is 12.8. The number of benzene rings is 2. The summed E-state index contributed by atoms with van der Waals surface area (Å²) >= 11 is 0.0523. The molecular formula is C37H50GeIrNO2S-. The number of carbonyl (C=O) groups is 1. The third-order valence-electron chi connectivity index (χ3n) is 9.26. The van der Waals surface area contributed by atoms with Crippen LogP contribution in [0.4, 0.5) is 0 Å². The molecule has 6 heteroatoms. The fourth-order valence-electron chi connectivity index (χ4n) is 5.07. The van der Waals surface area contributed by atoms with E-state index in [1.165, 1.54) is 31.8 Å². The fourth-order valence-corrected chi connectivity index (χ4v) is 8.96. The minimum absolute atomic E-state index is 0. The molecule has 4 aromatic rings. The molecule has 3 nitrogen and oxygen atoms in total. The average Bonchev–Trinajstić information content (AvgIpc) is 3.33. The second kappa shape index (κ2) is 15.0. The summed E-state index contributed by atoms with van der Waals surface area (Å²) in [6.07, 6.45) is 6.69. The van der Waals surface area contributed by atoms with Crippen molar-refractivity contribution in [2.75, 3.05) is 0 Å². The molecule has 0 saturated carbocycles. The van der Waals surface area contributed by atoms with Gasteiger partial charge in [-0.05, 0) is 25.7 Å². The first-order chi connectivity index (χ1) is 19.6. The van der Waals surface area contributed by atoms with Gasteiger partial charge in [0.1, 0.15) is 5.76 Å². The maximum absolute atomic E-state index is 12.2. The Morgan fingerprint density at radius 1 is 0.930 bits per heavy atom. The van der Waals surface area contributed by atoms with Crippen LogP contribution in [-0.2, 0) is 24.9 Å². The Labute approximate surface area is 280 Å². The van der Waals surface area contributed by atoms with Crippen LogP contribution in [0.3, 0.4) is 0 Å². The normalized spacial score (nSPS) is 12.6. The van der Waals surface area contributed by atoms with E-state index in [2.05, 4.69) is 73.6 Å². The molecule has 0 atom stereocenters. The van der Waals surface area contributed by atoms with Crippen molar-refractivity contribution in [2.45, 2.75) is 98.3 Å². The summed E-state index contributed by atoms with van der Waals surface area (Å²) in [5.74, 6) is 7.64. The summed E-state index contributed by atoms with van der Waals surface area (Å²) < 4.78 is 4.22. The molecule has 2 aromatic carbocycles. The molecule has 0 amide bonds. The number of thiophene rings is 1. The van der Waals surface area contributed by atoms with Crippen LogP contribution in [0.25, 0.3) is 31.4 Å². The van der Waals surface area contributed by atoms with Gasteiger partial charge in [0.15, 0.2) is 5.78 Å². The summed E-state index contributed by atoms with van der Waals surface area (Å²) in [6, 6.07) is 17.1. The molecule has 1 radical (unpaired) electrons. The van der Waals surface area contributed by atoms with Gasteiger partial charge in [0.2, 0.25) is 0 Å². The van der Waals surface area contributed by atoms with Gasteiger partial charge in [0.05, 0.1) is 0 Å². The molecule has 0 aliphatic rings. The first kappa shape index (κ1) is 37.4. The number of aryl methyl sites for hydroxylation is 2. The van der Waals surface area contributed by atoms with Crippen molar-refractivity contribution in [1.82, 2.24) is 4.98 Å². The van der Waals surface area contributed by atoms with E-state index in [0.717, 1.165) is 42.5 Å². The number of aliphatic hydroxyl groups excluding tert-OH is 1. The molecule has 0 aliphatic carbocycles. The number of ketones is 1. The van der Waals surface area contributed by atoms with Crippen molar-refractivity contribution in [1.29, 1.82) is 0 Å². The third kappa shape index (κ3) is 8.48. The molecule has 43 heavy (non-hydrogen) atoms. The fraction of sp³-hybridized carbons (Fsp3) is 0.459. The second-order valence-electron chi connectivity index (χ2n) is 13.3. The zero-order chi connectivity index (χ0) is 31.5. The van der Waals surface area contributed by atoms with Gasteiger partial charge in [-0.15, -0.1) is 0 Å². The van der Waals surface area contributed by atoms with E-state index < -0.39 is 13.3 Å². The number of allylic oxidation sites excluding steroid dienone is 2. The maximum atomic E-state index is 12.2. The minimum Gasteiger partial charge on any atom is 0 e. The van der Waals surface area contributed by atoms with E-state index in [0.29, 0.717) is 0 Å². The van der Waals surface area contributed by atoms with Gasteiger partial charge >= 0.3 is 156 Å². The minimum atomic E-state index is -1.82. The number of fused-ring (bicyclic) bond motifs is 3. The van der Waals surface area contributed by atoms with E-state index in [4.69, 9.17) is 4.98 Å². The number of aliphatic hydroxyl groups is 1. The van der Waals surface area contributed by atoms with Crippen LogP contribution in [0.2, 0.25) is 17.3 Å². The van der Waals surface area contributed by atoms with Crippen molar-refractivity contribution >= 4 is 55.0 Å². The molecule has 0 fully saturated rings. The molecule has 0 spiro atoms. The summed E-state index contributed by atoms with van der Waals surface area (Å²) in [6.45, 7) is 16.3. The van der Waals surface area contributed by atoms with Gasteiger partial charge in [0.25, 0.3) is 0 Å². The Morgan fingerprint density at radius 2 is 1.53 bits per heavy atom. The van der Waals surface area contributed by atoms with Crippen LogP contribution in [0, 0.1) is 30.7 Å². The number of rotatable bonds is 9. The molecular weight excluding hydrogens is 787 g/mol. The van der Waals surface area contributed by atoms with Gasteiger partial charge in [-0.25, -0.2) is 0 Å². The smallest absolute Gasteiger partial charge is 0 e. The van der Waals surface area contributed by atoms with Crippen molar-refractivity contribution in [3.8, 4) is 11.3 Å². The molecule has 0 unspecified atom stereocenters. The number of hydrogen-bond donors (Lipinski definition) is 1. The van der Waals surface area contributed by atoms with E-state index in [9.17, 15) is 9.90 Å². The van der Waals surface area contributed by atoms with Crippen LogP contribution in [-0.4, -0.2) is 29.1 Å². The SMILES string of the molecule is CCC(C)(CC)C(=O)/C=C(\O)C(C)(CC)CC.Cc1[c-]c(-c2nccc3c2sc2c[c]([Ge]([CH3])([CH3])[CH3])ccc23)cc(C)c1.[Ir]. The van der Waals surface area contributed by atoms with Gasteiger partial charge < -0.3 is 5.11 Å². The third-order valence-corrected chi connectivity index (χ3v) is 14.7. The van der Waals surface area contributed by atoms with Gasteiger partial charge in [-0.1, -0.05) is 41.5 Å². The standard InChI is InChI=1S/C22H22GeNS.C15H28O2.Ir/c1-14-10-15(2)12-16(11-14)21-22-19(8-9-24-21)18-7-6-17(23(3,4)5)13-20(18)25-22;1-7-14(5,8-2)12(16)11-13(17)15(6,9-3)10-4;/h6-11,13H,1-5H3;11,16H,7-10H2,1-6H3;/q-1;;/b;12-11-;. The predicted molar refractivity (Wildman–Crippen MR) is 187 cm³/mol. The first-order valence-electron chi connectivity index (χ1n) is 15.4. The summed E-state index contributed by atoms with van der Waals surface area (Å²) in [7, 11) is 0. The monoisotopic (exact) mass is 839 g/mol. The van der Waals surface area contributed by atoms with Crippen LogP contribution in [0.15, 0.2) is 54.4 Å². The number of pyridine rings is 1. The average molecular weight is 838 g/mol. The molecule has 1 N–H and O–H groups in total.